The molecule has 0 N–H and O–H groups in total. The molecule has 3 aliphatic rings. The second-order valence-corrected chi connectivity index (χ2v) is 9.08. The van der Waals surface area contributed by atoms with Crippen LogP contribution in [0.3, 0.4) is 0 Å². The smallest absolute Gasteiger partial charge is 0.273 e. The summed E-state index contributed by atoms with van der Waals surface area (Å²) in [6.45, 7) is 3.55. The SMILES string of the molecule is O=C1c2ccc(C3CCN(CCc4ccccc4)CC3)cc2CN1N1C(=O)CCCC1=O. The van der Waals surface area contributed by atoms with Gasteiger partial charge in [-0.05, 0) is 67.4 Å². The van der Waals surface area contributed by atoms with Crippen LogP contribution in [0.4, 0.5) is 0 Å². The molecule has 0 spiro atoms. The molecule has 3 amide bonds. The third kappa shape index (κ3) is 4.07. The van der Waals surface area contributed by atoms with Gasteiger partial charge >= 0.3 is 0 Å². The van der Waals surface area contributed by atoms with Crippen LogP contribution in [-0.2, 0) is 22.6 Å². The van der Waals surface area contributed by atoms with Crippen LogP contribution in [0.1, 0.15) is 65.1 Å². The average molecular weight is 432 g/mol. The molecular formula is C26H29N3O3. The number of fused-ring (bicyclic) bond motifs is 1. The van der Waals surface area contributed by atoms with E-state index in [2.05, 4.69) is 47.4 Å². The van der Waals surface area contributed by atoms with Crippen LogP contribution in [0.5, 0.6) is 0 Å². The maximum absolute atomic E-state index is 12.9. The number of benzene rings is 2. The Morgan fingerprint density at radius 3 is 2.31 bits per heavy atom. The Hall–Kier alpha value is -2.99. The Morgan fingerprint density at radius 2 is 1.59 bits per heavy atom. The van der Waals surface area contributed by atoms with E-state index >= 15 is 0 Å². The van der Waals surface area contributed by atoms with Crippen LogP contribution in [0.2, 0.25) is 0 Å². The van der Waals surface area contributed by atoms with Gasteiger partial charge in [0.15, 0.2) is 0 Å². The van der Waals surface area contributed by atoms with E-state index in [1.54, 1.807) is 0 Å². The first-order valence-corrected chi connectivity index (χ1v) is 11.7. The van der Waals surface area contributed by atoms with Crippen LogP contribution in [-0.4, -0.2) is 52.3 Å². The van der Waals surface area contributed by atoms with Gasteiger partial charge in [-0.1, -0.05) is 42.5 Å². The first-order chi connectivity index (χ1) is 15.6. The van der Waals surface area contributed by atoms with E-state index in [9.17, 15) is 14.4 Å². The van der Waals surface area contributed by atoms with Crippen LogP contribution in [0.25, 0.3) is 0 Å². The minimum atomic E-state index is -0.273. The summed E-state index contributed by atoms with van der Waals surface area (Å²) in [5.41, 5.74) is 4.18. The van der Waals surface area contributed by atoms with Crippen LogP contribution in [0.15, 0.2) is 48.5 Å². The lowest BCUT2D eigenvalue weighted by atomic mass is 9.88. The number of carbonyl (C=O) groups excluding carboxylic acids is 3. The van der Waals surface area contributed by atoms with Gasteiger partial charge in [-0.2, -0.15) is 5.01 Å². The number of piperidine rings is 2. The standard InChI is InChI=1S/C26H29N3O3/c30-24-7-4-8-25(31)29(24)28-18-22-17-21(9-10-23(22)26(28)32)20-12-15-27(16-13-20)14-11-19-5-2-1-3-6-19/h1-3,5-6,9-10,17,20H,4,7-8,11-16,18H2. The van der Waals surface area contributed by atoms with Gasteiger partial charge < -0.3 is 4.90 Å². The fourth-order valence-corrected chi connectivity index (χ4v) is 5.17. The maximum atomic E-state index is 12.9. The fourth-order valence-electron chi connectivity index (χ4n) is 5.17. The lowest BCUT2D eigenvalue weighted by Gasteiger charge is -2.32. The number of carbonyl (C=O) groups is 3. The summed E-state index contributed by atoms with van der Waals surface area (Å²) in [6, 6.07) is 16.7. The predicted molar refractivity (Wildman–Crippen MR) is 121 cm³/mol. The zero-order chi connectivity index (χ0) is 22.1. The van der Waals surface area contributed by atoms with Crippen molar-refractivity contribution in [1.29, 1.82) is 0 Å². The largest absolute Gasteiger partial charge is 0.303 e. The van der Waals surface area contributed by atoms with Crippen molar-refractivity contribution in [3.8, 4) is 0 Å². The molecule has 6 nitrogen and oxygen atoms in total. The van der Waals surface area contributed by atoms with Crippen LogP contribution < -0.4 is 0 Å². The number of amides is 3. The Kier molecular flexibility index (Phi) is 5.79. The number of likely N-dealkylation sites (tertiary alicyclic amines) is 1. The molecule has 2 fully saturated rings. The number of hydrazine groups is 1. The molecule has 0 atom stereocenters. The van der Waals surface area contributed by atoms with Gasteiger partial charge in [-0.25, -0.2) is 5.01 Å². The number of hydrogen-bond acceptors (Lipinski definition) is 4. The van der Waals surface area contributed by atoms with Crippen molar-refractivity contribution in [2.75, 3.05) is 19.6 Å². The lowest BCUT2D eigenvalue weighted by molar-refractivity contribution is -0.163. The minimum absolute atomic E-state index is 0.245. The topological polar surface area (TPSA) is 60.9 Å². The van der Waals surface area contributed by atoms with Gasteiger partial charge in [0.2, 0.25) is 11.8 Å². The predicted octanol–water partition coefficient (Wildman–Crippen LogP) is 3.52. The van der Waals surface area contributed by atoms with Gasteiger partial charge in [0, 0.05) is 24.9 Å². The Labute approximate surface area is 188 Å². The highest BCUT2D eigenvalue weighted by molar-refractivity contribution is 6.04. The van der Waals surface area contributed by atoms with E-state index < -0.39 is 0 Å². The molecule has 0 saturated carbocycles. The van der Waals surface area contributed by atoms with E-state index in [1.807, 2.05) is 6.07 Å². The molecule has 3 heterocycles. The summed E-state index contributed by atoms with van der Waals surface area (Å²) >= 11 is 0. The van der Waals surface area contributed by atoms with E-state index in [1.165, 1.54) is 16.1 Å². The van der Waals surface area contributed by atoms with Crippen molar-refractivity contribution in [3.63, 3.8) is 0 Å². The summed E-state index contributed by atoms with van der Waals surface area (Å²) in [5, 5.41) is 2.42. The summed E-state index contributed by atoms with van der Waals surface area (Å²) in [6.07, 6.45) is 4.50. The average Bonchev–Trinajstić information content (AvgIpc) is 3.14. The van der Waals surface area contributed by atoms with E-state index in [0.717, 1.165) is 49.5 Å². The van der Waals surface area contributed by atoms with Crippen molar-refractivity contribution in [3.05, 3.63) is 70.8 Å². The van der Waals surface area contributed by atoms with Crippen molar-refractivity contribution in [2.24, 2.45) is 0 Å². The van der Waals surface area contributed by atoms with E-state index in [-0.39, 0.29) is 17.7 Å². The van der Waals surface area contributed by atoms with E-state index in [4.69, 9.17) is 0 Å². The second kappa shape index (κ2) is 8.87. The molecule has 0 radical (unpaired) electrons. The van der Waals surface area contributed by atoms with Crippen molar-refractivity contribution >= 4 is 17.7 Å². The van der Waals surface area contributed by atoms with E-state index in [0.29, 0.717) is 37.3 Å². The van der Waals surface area contributed by atoms with Crippen molar-refractivity contribution in [1.82, 2.24) is 14.9 Å². The highest BCUT2D eigenvalue weighted by Crippen LogP contribution is 2.33. The summed E-state index contributed by atoms with van der Waals surface area (Å²) in [5.74, 6) is -0.308. The minimum Gasteiger partial charge on any atom is -0.303 e. The normalized spacial score (nSPS) is 20.2. The number of hydrogen-bond donors (Lipinski definition) is 0. The molecule has 0 aliphatic carbocycles. The van der Waals surface area contributed by atoms with Gasteiger partial charge in [0.1, 0.15) is 0 Å². The Bertz CT molecular complexity index is 1010. The first-order valence-electron chi connectivity index (χ1n) is 11.7. The molecule has 166 valence electrons. The molecular weight excluding hydrogens is 402 g/mol. The molecule has 5 rings (SSSR count). The monoisotopic (exact) mass is 431 g/mol. The fraction of sp³-hybridized carbons (Fsp3) is 0.423. The molecule has 3 aliphatic heterocycles. The summed E-state index contributed by atoms with van der Waals surface area (Å²) < 4.78 is 0. The second-order valence-electron chi connectivity index (χ2n) is 9.08. The zero-order valence-corrected chi connectivity index (χ0v) is 18.3. The van der Waals surface area contributed by atoms with Gasteiger partial charge in [-0.3, -0.25) is 14.4 Å². The molecule has 2 saturated heterocycles. The molecule has 0 bridgehead atoms. The quantitative estimate of drug-likeness (QED) is 0.680. The highest BCUT2D eigenvalue weighted by atomic mass is 16.2. The van der Waals surface area contributed by atoms with Crippen LogP contribution >= 0.6 is 0 Å². The van der Waals surface area contributed by atoms with Gasteiger partial charge in [0.25, 0.3) is 5.91 Å². The third-order valence-electron chi connectivity index (χ3n) is 7.03. The molecule has 0 aromatic heterocycles. The Morgan fingerprint density at radius 1 is 0.875 bits per heavy atom. The van der Waals surface area contributed by atoms with Crippen molar-refractivity contribution in [2.45, 2.75) is 51.0 Å². The zero-order valence-electron chi connectivity index (χ0n) is 18.3. The molecule has 6 heteroatoms. The molecule has 32 heavy (non-hydrogen) atoms. The van der Waals surface area contributed by atoms with Crippen molar-refractivity contribution < 1.29 is 14.4 Å². The Balaban J connectivity index is 1.21. The number of rotatable bonds is 5. The van der Waals surface area contributed by atoms with Crippen LogP contribution in [0, 0.1) is 0 Å². The number of imide groups is 1. The highest BCUT2D eigenvalue weighted by Gasteiger charge is 2.39. The summed E-state index contributed by atoms with van der Waals surface area (Å²) in [7, 11) is 0. The first kappa shape index (κ1) is 20.9. The number of nitrogens with zero attached hydrogens (tertiary/aromatic N) is 3. The molecule has 2 aromatic carbocycles. The lowest BCUT2D eigenvalue weighted by Crippen LogP contribution is -2.51. The van der Waals surface area contributed by atoms with Gasteiger partial charge in [0.05, 0.1) is 6.54 Å². The molecule has 0 unspecified atom stereocenters. The molecule has 2 aromatic rings. The third-order valence-corrected chi connectivity index (χ3v) is 7.03. The summed E-state index contributed by atoms with van der Waals surface area (Å²) in [4.78, 5) is 40.0. The van der Waals surface area contributed by atoms with Gasteiger partial charge in [-0.15, -0.1) is 0 Å². The maximum Gasteiger partial charge on any atom is 0.273 e.